The molecule has 1 amide bonds. The number of nitrogens with two attached hydrogens (primary N) is 1. The van der Waals surface area contributed by atoms with Crippen molar-refractivity contribution in [3.05, 3.63) is 30.1 Å². The number of nitrogens with one attached hydrogen (secondary N) is 1. The van der Waals surface area contributed by atoms with Crippen molar-refractivity contribution in [1.82, 2.24) is 10.3 Å². The molecule has 0 aliphatic carbocycles. The molecule has 1 unspecified atom stereocenters. The van der Waals surface area contributed by atoms with E-state index < -0.39 is 0 Å². The number of carbonyl (C=O) groups is 1. The zero-order chi connectivity index (χ0) is 10.4. The normalized spacial score (nSPS) is 12.1. The molecule has 3 N–H and O–H groups in total. The maximum absolute atomic E-state index is 11.6. The van der Waals surface area contributed by atoms with Crippen LogP contribution in [0.5, 0.6) is 0 Å². The molecule has 0 fully saturated rings. The maximum atomic E-state index is 11.6. The van der Waals surface area contributed by atoms with Gasteiger partial charge in [0, 0.05) is 30.5 Å². The molecule has 0 saturated heterocycles. The smallest absolute Gasteiger partial charge is 0.251 e. The topological polar surface area (TPSA) is 68.0 Å². The second-order valence-corrected chi connectivity index (χ2v) is 3.05. The fourth-order valence-corrected chi connectivity index (χ4v) is 1.10. The van der Waals surface area contributed by atoms with Gasteiger partial charge < -0.3 is 11.1 Å². The third-order valence-corrected chi connectivity index (χ3v) is 2.06. The van der Waals surface area contributed by atoms with Crippen molar-refractivity contribution in [3.8, 4) is 0 Å². The average molecular weight is 193 g/mol. The summed E-state index contributed by atoms with van der Waals surface area (Å²) in [4.78, 5) is 15.4. The molecule has 0 radical (unpaired) electrons. The van der Waals surface area contributed by atoms with E-state index >= 15 is 0 Å². The second kappa shape index (κ2) is 5.34. The predicted molar refractivity (Wildman–Crippen MR) is 54.8 cm³/mol. The molecule has 1 aromatic rings. The highest BCUT2D eigenvalue weighted by Gasteiger charge is 2.09. The maximum Gasteiger partial charge on any atom is 0.251 e. The van der Waals surface area contributed by atoms with Gasteiger partial charge in [0.05, 0.1) is 0 Å². The first-order valence-electron chi connectivity index (χ1n) is 4.69. The molecule has 0 saturated carbocycles. The number of rotatable bonds is 4. The minimum atomic E-state index is -0.0929. The Morgan fingerprint density at radius 2 is 2.21 bits per heavy atom. The van der Waals surface area contributed by atoms with Crippen LogP contribution in [0.3, 0.4) is 0 Å². The summed E-state index contributed by atoms with van der Waals surface area (Å²) in [6, 6.07) is 3.41. The summed E-state index contributed by atoms with van der Waals surface area (Å²) >= 11 is 0. The zero-order valence-electron chi connectivity index (χ0n) is 8.23. The molecule has 1 aromatic heterocycles. The molecule has 0 aliphatic rings. The molecule has 0 aromatic carbocycles. The Hall–Kier alpha value is -1.42. The number of aromatic nitrogens is 1. The lowest BCUT2D eigenvalue weighted by Crippen LogP contribution is -2.39. The monoisotopic (exact) mass is 193 g/mol. The van der Waals surface area contributed by atoms with Gasteiger partial charge in [-0.25, -0.2) is 0 Å². The van der Waals surface area contributed by atoms with Crippen molar-refractivity contribution >= 4 is 5.91 Å². The van der Waals surface area contributed by atoms with E-state index in [2.05, 4.69) is 10.3 Å². The first-order valence-corrected chi connectivity index (χ1v) is 4.69. The number of amides is 1. The Morgan fingerprint density at radius 1 is 1.57 bits per heavy atom. The van der Waals surface area contributed by atoms with Gasteiger partial charge in [0.1, 0.15) is 0 Å². The van der Waals surface area contributed by atoms with Crippen molar-refractivity contribution < 1.29 is 4.79 Å². The molecule has 76 valence electrons. The van der Waals surface area contributed by atoms with Crippen LogP contribution in [-0.4, -0.2) is 23.5 Å². The fraction of sp³-hybridized carbons (Fsp3) is 0.400. The molecule has 14 heavy (non-hydrogen) atoms. The molecule has 0 spiro atoms. The lowest BCUT2D eigenvalue weighted by Gasteiger charge is -2.14. The third-order valence-electron chi connectivity index (χ3n) is 2.06. The Balaban J connectivity index is 2.59. The first kappa shape index (κ1) is 10.7. The highest BCUT2D eigenvalue weighted by Crippen LogP contribution is 1.97. The minimum absolute atomic E-state index is 0.0515. The quantitative estimate of drug-likeness (QED) is 0.733. The van der Waals surface area contributed by atoms with E-state index in [1.165, 1.54) is 0 Å². The summed E-state index contributed by atoms with van der Waals surface area (Å²) in [6.45, 7) is 2.46. The Labute approximate surface area is 83.5 Å². The van der Waals surface area contributed by atoms with Crippen molar-refractivity contribution in [2.24, 2.45) is 5.73 Å². The van der Waals surface area contributed by atoms with E-state index in [0.717, 1.165) is 6.42 Å². The summed E-state index contributed by atoms with van der Waals surface area (Å²) in [5.74, 6) is -0.0929. The summed E-state index contributed by atoms with van der Waals surface area (Å²) in [7, 11) is 0. The van der Waals surface area contributed by atoms with Crippen LogP contribution in [-0.2, 0) is 0 Å². The van der Waals surface area contributed by atoms with Crippen molar-refractivity contribution in [2.45, 2.75) is 19.4 Å². The van der Waals surface area contributed by atoms with E-state index in [-0.39, 0.29) is 11.9 Å². The van der Waals surface area contributed by atoms with Gasteiger partial charge in [-0.2, -0.15) is 0 Å². The van der Waals surface area contributed by atoms with Gasteiger partial charge >= 0.3 is 0 Å². The Morgan fingerprint density at radius 3 is 2.71 bits per heavy atom. The van der Waals surface area contributed by atoms with Gasteiger partial charge in [-0.1, -0.05) is 6.92 Å². The van der Waals surface area contributed by atoms with E-state index in [0.29, 0.717) is 12.1 Å². The standard InChI is InChI=1S/C10H15N3O/c1-2-9(7-11)13-10(14)8-3-5-12-6-4-8/h3-6,9H,2,7,11H2,1H3,(H,13,14). The van der Waals surface area contributed by atoms with Crippen molar-refractivity contribution in [2.75, 3.05) is 6.54 Å². The Bertz CT molecular complexity index is 283. The molecule has 4 heteroatoms. The lowest BCUT2D eigenvalue weighted by atomic mass is 10.2. The fourth-order valence-electron chi connectivity index (χ4n) is 1.10. The number of hydrogen-bond acceptors (Lipinski definition) is 3. The van der Waals surface area contributed by atoms with E-state index in [9.17, 15) is 4.79 Å². The number of hydrogen-bond donors (Lipinski definition) is 2. The van der Waals surface area contributed by atoms with Gasteiger partial charge in [-0.3, -0.25) is 9.78 Å². The summed E-state index contributed by atoms with van der Waals surface area (Å²) < 4.78 is 0. The number of carbonyl (C=O) groups excluding carboxylic acids is 1. The van der Waals surface area contributed by atoms with Gasteiger partial charge in [0.25, 0.3) is 5.91 Å². The van der Waals surface area contributed by atoms with Gasteiger partial charge in [0.15, 0.2) is 0 Å². The third kappa shape index (κ3) is 2.81. The van der Waals surface area contributed by atoms with Crippen LogP contribution < -0.4 is 11.1 Å². The molecule has 0 aliphatic heterocycles. The van der Waals surface area contributed by atoms with Crippen LogP contribution >= 0.6 is 0 Å². The molecule has 1 heterocycles. The molecule has 1 rings (SSSR count). The second-order valence-electron chi connectivity index (χ2n) is 3.05. The molecule has 1 atom stereocenters. The highest BCUT2D eigenvalue weighted by atomic mass is 16.1. The molecule has 4 nitrogen and oxygen atoms in total. The number of pyridine rings is 1. The molecule has 0 bridgehead atoms. The van der Waals surface area contributed by atoms with Gasteiger partial charge in [-0.15, -0.1) is 0 Å². The van der Waals surface area contributed by atoms with E-state index in [1.807, 2.05) is 6.92 Å². The zero-order valence-corrected chi connectivity index (χ0v) is 8.23. The van der Waals surface area contributed by atoms with Gasteiger partial charge in [0.2, 0.25) is 0 Å². The minimum Gasteiger partial charge on any atom is -0.348 e. The van der Waals surface area contributed by atoms with E-state index in [1.54, 1.807) is 24.5 Å². The van der Waals surface area contributed by atoms with Crippen LogP contribution in [0.25, 0.3) is 0 Å². The Kier molecular flexibility index (Phi) is 4.07. The summed E-state index contributed by atoms with van der Waals surface area (Å²) in [5.41, 5.74) is 6.10. The van der Waals surface area contributed by atoms with Crippen LogP contribution in [0.15, 0.2) is 24.5 Å². The van der Waals surface area contributed by atoms with Crippen molar-refractivity contribution in [1.29, 1.82) is 0 Å². The van der Waals surface area contributed by atoms with Crippen molar-refractivity contribution in [3.63, 3.8) is 0 Å². The predicted octanol–water partition coefficient (Wildman–Crippen LogP) is 0.549. The van der Waals surface area contributed by atoms with Crippen LogP contribution in [0.1, 0.15) is 23.7 Å². The molecular weight excluding hydrogens is 178 g/mol. The SMILES string of the molecule is CCC(CN)NC(=O)c1ccncc1. The lowest BCUT2D eigenvalue weighted by molar-refractivity contribution is 0.0937. The number of nitrogens with zero attached hydrogens (tertiary/aromatic N) is 1. The van der Waals surface area contributed by atoms with Crippen LogP contribution in [0, 0.1) is 0 Å². The largest absolute Gasteiger partial charge is 0.348 e. The summed E-state index contributed by atoms with van der Waals surface area (Å²) in [6.07, 6.45) is 4.03. The summed E-state index contributed by atoms with van der Waals surface area (Å²) in [5, 5.41) is 2.84. The van der Waals surface area contributed by atoms with Crippen LogP contribution in [0.2, 0.25) is 0 Å². The average Bonchev–Trinajstić information content (AvgIpc) is 2.26. The molecular formula is C10H15N3O. The van der Waals surface area contributed by atoms with Gasteiger partial charge in [-0.05, 0) is 18.6 Å². The van der Waals surface area contributed by atoms with Crippen LogP contribution in [0.4, 0.5) is 0 Å². The first-order chi connectivity index (χ1) is 6.77. The highest BCUT2D eigenvalue weighted by molar-refractivity contribution is 5.94. The van der Waals surface area contributed by atoms with E-state index in [4.69, 9.17) is 5.73 Å².